The van der Waals surface area contributed by atoms with Crippen molar-refractivity contribution in [1.29, 1.82) is 0 Å². The van der Waals surface area contributed by atoms with E-state index >= 15 is 0 Å². The van der Waals surface area contributed by atoms with Crippen molar-refractivity contribution in [3.05, 3.63) is 17.6 Å². The molecule has 7 heteroatoms. The SMILES string of the molecule is O=C(CC1CCN(c2ncnc3c2CCCC3)CC1)N1CCC(F)(F)CC1. The van der Waals surface area contributed by atoms with Crippen LogP contribution in [0.25, 0.3) is 0 Å². The lowest BCUT2D eigenvalue weighted by molar-refractivity contribution is -0.138. The molecule has 2 saturated heterocycles. The highest BCUT2D eigenvalue weighted by atomic mass is 19.3. The minimum Gasteiger partial charge on any atom is -0.356 e. The summed E-state index contributed by atoms with van der Waals surface area (Å²) < 4.78 is 26.5. The minimum absolute atomic E-state index is 0.0448. The first-order chi connectivity index (χ1) is 13.0. The van der Waals surface area contributed by atoms with Gasteiger partial charge in [-0.3, -0.25) is 4.79 Å². The number of likely N-dealkylation sites (tertiary alicyclic amines) is 1. The summed E-state index contributed by atoms with van der Waals surface area (Å²) in [6, 6.07) is 0. The van der Waals surface area contributed by atoms with Gasteiger partial charge in [0.1, 0.15) is 12.1 Å². The number of halogens is 2. The summed E-state index contributed by atoms with van der Waals surface area (Å²) in [5.74, 6) is -1.13. The molecule has 0 spiro atoms. The van der Waals surface area contributed by atoms with Crippen molar-refractivity contribution in [2.45, 2.75) is 63.7 Å². The van der Waals surface area contributed by atoms with Gasteiger partial charge in [0, 0.05) is 56.7 Å². The van der Waals surface area contributed by atoms with E-state index in [4.69, 9.17) is 0 Å². The molecule has 5 nitrogen and oxygen atoms in total. The second-order valence-corrected chi connectivity index (χ2v) is 8.20. The second kappa shape index (κ2) is 7.68. The first-order valence-electron chi connectivity index (χ1n) is 10.3. The first-order valence-corrected chi connectivity index (χ1v) is 10.3. The summed E-state index contributed by atoms with van der Waals surface area (Å²) in [6.07, 6.45) is 8.19. The summed E-state index contributed by atoms with van der Waals surface area (Å²) in [5.41, 5.74) is 2.51. The number of carbonyl (C=O) groups excluding carboxylic acids is 1. The third-order valence-electron chi connectivity index (χ3n) is 6.33. The summed E-state index contributed by atoms with van der Waals surface area (Å²) in [4.78, 5) is 25.4. The summed E-state index contributed by atoms with van der Waals surface area (Å²) >= 11 is 0. The number of carbonyl (C=O) groups is 1. The van der Waals surface area contributed by atoms with Crippen LogP contribution < -0.4 is 4.90 Å². The molecular weight excluding hydrogens is 350 g/mol. The van der Waals surface area contributed by atoms with Crippen molar-refractivity contribution < 1.29 is 13.6 Å². The highest BCUT2D eigenvalue weighted by molar-refractivity contribution is 5.76. The molecule has 1 amide bonds. The van der Waals surface area contributed by atoms with Crippen LogP contribution in [0.5, 0.6) is 0 Å². The van der Waals surface area contributed by atoms with Crippen molar-refractivity contribution in [1.82, 2.24) is 14.9 Å². The molecule has 0 atom stereocenters. The summed E-state index contributed by atoms with van der Waals surface area (Å²) in [7, 11) is 0. The fourth-order valence-electron chi connectivity index (χ4n) is 4.58. The number of hydrogen-bond donors (Lipinski definition) is 0. The largest absolute Gasteiger partial charge is 0.356 e. The topological polar surface area (TPSA) is 49.3 Å². The van der Waals surface area contributed by atoms with Crippen LogP contribution in [0.15, 0.2) is 6.33 Å². The maximum Gasteiger partial charge on any atom is 0.251 e. The van der Waals surface area contributed by atoms with Crippen LogP contribution in [0.3, 0.4) is 0 Å². The molecule has 0 radical (unpaired) electrons. The Hall–Kier alpha value is -1.79. The number of anilines is 1. The van der Waals surface area contributed by atoms with E-state index in [0.29, 0.717) is 12.3 Å². The van der Waals surface area contributed by atoms with Gasteiger partial charge < -0.3 is 9.80 Å². The normalized spacial score (nSPS) is 23.2. The molecular formula is C20H28F2N4O. The predicted octanol–water partition coefficient (Wildman–Crippen LogP) is 3.22. The molecule has 2 aliphatic heterocycles. The van der Waals surface area contributed by atoms with E-state index in [1.54, 1.807) is 11.2 Å². The van der Waals surface area contributed by atoms with E-state index in [9.17, 15) is 13.6 Å². The first kappa shape index (κ1) is 18.6. The van der Waals surface area contributed by atoms with Crippen molar-refractivity contribution in [2.75, 3.05) is 31.1 Å². The maximum atomic E-state index is 13.3. The smallest absolute Gasteiger partial charge is 0.251 e. The zero-order valence-corrected chi connectivity index (χ0v) is 15.8. The summed E-state index contributed by atoms with van der Waals surface area (Å²) in [5, 5.41) is 0. The van der Waals surface area contributed by atoms with E-state index < -0.39 is 5.92 Å². The molecule has 3 aliphatic rings. The molecule has 1 aliphatic carbocycles. The van der Waals surface area contributed by atoms with Gasteiger partial charge in [0.05, 0.1) is 0 Å². The highest BCUT2D eigenvalue weighted by Crippen LogP contribution is 2.32. The number of alkyl halides is 2. The van der Waals surface area contributed by atoms with Gasteiger partial charge in [-0.2, -0.15) is 0 Å². The second-order valence-electron chi connectivity index (χ2n) is 8.20. The molecule has 2 fully saturated rings. The van der Waals surface area contributed by atoms with Gasteiger partial charge in [-0.05, 0) is 44.4 Å². The highest BCUT2D eigenvalue weighted by Gasteiger charge is 2.36. The Labute approximate surface area is 159 Å². The van der Waals surface area contributed by atoms with Crippen molar-refractivity contribution in [2.24, 2.45) is 5.92 Å². The monoisotopic (exact) mass is 378 g/mol. The van der Waals surface area contributed by atoms with Crippen LogP contribution >= 0.6 is 0 Å². The summed E-state index contributed by atoms with van der Waals surface area (Å²) in [6.45, 7) is 2.19. The Morgan fingerprint density at radius 1 is 1.07 bits per heavy atom. The Balaban J connectivity index is 1.30. The molecule has 4 rings (SSSR count). The fraction of sp³-hybridized carbons (Fsp3) is 0.750. The molecule has 0 saturated carbocycles. The lowest BCUT2D eigenvalue weighted by Gasteiger charge is -2.36. The van der Waals surface area contributed by atoms with Gasteiger partial charge in [0.2, 0.25) is 5.91 Å². The van der Waals surface area contributed by atoms with Crippen LogP contribution in [-0.4, -0.2) is 52.9 Å². The standard InChI is InChI=1S/C20H28F2N4O/c21-20(22)7-11-25(12-8-20)18(27)13-15-5-9-26(10-6-15)19-16-3-1-2-4-17(16)23-14-24-19/h14-15H,1-13H2. The number of amides is 1. The van der Waals surface area contributed by atoms with E-state index in [1.807, 2.05) is 0 Å². The fourth-order valence-corrected chi connectivity index (χ4v) is 4.58. The minimum atomic E-state index is -2.60. The molecule has 27 heavy (non-hydrogen) atoms. The van der Waals surface area contributed by atoms with Crippen LogP contribution in [0.2, 0.25) is 0 Å². The molecule has 0 N–H and O–H groups in total. The number of hydrogen-bond acceptors (Lipinski definition) is 4. The molecule has 1 aromatic rings. The molecule has 0 unspecified atom stereocenters. The van der Waals surface area contributed by atoms with E-state index in [1.165, 1.54) is 24.1 Å². The average Bonchev–Trinajstić information content (AvgIpc) is 2.68. The van der Waals surface area contributed by atoms with Crippen molar-refractivity contribution in [3.8, 4) is 0 Å². The Morgan fingerprint density at radius 3 is 2.52 bits per heavy atom. The van der Waals surface area contributed by atoms with E-state index in [2.05, 4.69) is 14.9 Å². The lowest BCUT2D eigenvalue weighted by Crippen LogP contribution is -2.44. The number of nitrogens with zero attached hydrogens (tertiary/aromatic N) is 4. The molecule has 3 heterocycles. The van der Waals surface area contributed by atoms with Gasteiger partial charge in [0.25, 0.3) is 5.92 Å². The molecule has 148 valence electrons. The van der Waals surface area contributed by atoms with Gasteiger partial charge >= 0.3 is 0 Å². The number of fused-ring (bicyclic) bond motifs is 1. The zero-order valence-electron chi connectivity index (χ0n) is 15.8. The van der Waals surface area contributed by atoms with Crippen LogP contribution in [0, 0.1) is 5.92 Å². The van der Waals surface area contributed by atoms with E-state index in [-0.39, 0.29) is 31.8 Å². The number of rotatable bonds is 3. The Morgan fingerprint density at radius 2 is 1.78 bits per heavy atom. The molecule has 0 aromatic carbocycles. The number of aromatic nitrogens is 2. The zero-order chi connectivity index (χ0) is 18.9. The van der Waals surface area contributed by atoms with Crippen LogP contribution in [0.4, 0.5) is 14.6 Å². The van der Waals surface area contributed by atoms with Gasteiger partial charge in [-0.1, -0.05) is 0 Å². The van der Waals surface area contributed by atoms with Gasteiger partial charge in [0.15, 0.2) is 0 Å². The third kappa shape index (κ3) is 4.22. The van der Waals surface area contributed by atoms with Gasteiger partial charge in [-0.25, -0.2) is 18.7 Å². The lowest BCUT2D eigenvalue weighted by atomic mass is 9.91. The number of aryl methyl sites for hydroxylation is 1. The Kier molecular flexibility index (Phi) is 5.28. The third-order valence-corrected chi connectivity index (χ3v) is 6.33. The van der Waals surface area contributed by atoms with Crippen LogP contribution in [-0.2, 0) is 17.6 Å². The average molecular weight is 378 g/mol. The maximum absolute atomic E-state index is 13.3. The van der Waals surface area contributed by atoms with Crippen molar-refractivity contribution in [3.63, 3.8) is 0 Å². The molecule has 1 aromatic heterocycles. The van der Waals surface area contributed by atoms with Gasteiger partial charge in [-0.15, -0.1) is 0 Å². The Bertz CT molecular complexity index is 679. The molecule has 0 bridgehead atoms. The van der Waals surface area contributed by atoms with Crippen LogP contribution in [0.1, 0.15) is 56.2 Å². The van der Waals surface area contributed by atoms with Crippen molar-refractivity contribution >= 4 is 11.7 Å². The quantitative estimate of drug-likeness (QED) is 0.810. The predicted molar refractivity (Wildman–Crippen MR) is 99.0 cm³/mol. The van der Waals surface area contributed by atoms with E-state index in [0.717, 1.165) is 44.6 Å². The number of piperidine rings is 2.